The van der Waals surface area contributed by atoms with Crippen molar-refractivity contribution in [2.45, 2.75) is 53.9 Å². The van der Waals surface area contributed by atoms with Gasteiger partial charge in [0.25, 0.3) is 0 Å². The lowest BCUT2D eigenvalue weighted by molar-refractivity contribution is 0.475. The zero-order valence-electron chi connectivity index (χ0n) is 20.0. The molecule has 4 aromatic rings. The van der Waals surface area contributed by atoms with Crippen molar-refractivity contribution in [2.75, 3.05) is 4.90 Å². The van der Waals surface area contributed by atoms with Crippen molar-refractivity contribution in [1.82, 2.24) is 4.98 Å². The van der Waals surface area contributed by atoms with Gasteiger partial charge in [-0.1, -0.05) is 51.1 Å². The molecule has 0 unspecified atom stereocenters. The summed E-state index contributed by atoms with van der Waals surface area (Å²) in [6.07, 6.45) is 0. The third-order valence-electron chi connectivity index (χ3n) is 6.29. The molecule has 0 bridgehead atoms. The monoisotopic (exact) mass is 422 g/mol. The molecule has 0 fully saturated rings. The Morgan fingerprint density at radius 3 is 2.09 bits per heavy atom. The highest BCUT2D eigenvalue weighted by molar-refractivity contribution is 5.92. The fourth-order valence-corrected chi connectivity index (χ4v) is 4.57. The van der Waals surface area contributed by atoms with E-state index in [9.17, 15) is 0 Å². The molecule has 32 heavy (non-hydrogen) atoms. The van der Waals surface area contributed by atoms with E-state index in [4.69, 9.17) is 9.72 Å². The maximum atomic E-state index is 6.38. The molecule has 0 radical (unpaired) electrons. The van der Waals surface area contributed by atoms with E-state index >= 15 is 0 Å². The van der Waals surface area contributed by atoms with Gasteiger partial charge in [0.2, 0.25) is 0 Å². The summed E-state index contributed by atoms with van der Waals surface area (Å²) in [5.41, 5.74) is 9.50. The Morgan fingerprint density at radius 2 is 1.41 bits per heavy atom. The van der Waals surface area contributed by atoms with Crippen LogP contribution in [0.5, 0.6) is 11.5 Å². The Balaban J connectivity index is 1.81. The van der Waals surface area contributed by atoms with Crippen LogP contribution in [0.4, 0.5) is 17.2 Å². The van der Waals surface area contributed by atoms with E-state index in [1.807, 2.05) is 0 Å². The third kappa shape index (κ3) is 3.33. The summed E-state index contributed by atoms with van der Waals surface area (Å²) in [6, 6.07) is 19.5. The fourth-order valence-electron chi connectivity index (χ4n) is 4.57. The lowest BCUT2D eigenvalue weighted by Crippen LogP contribution is -2.20. The molecule has 5 rings (SSSR count). The van der Waals surface area contributed by atoms with Crippen molar-refractivity contribution in [3.63, 3.8) is 0 Å². The fraction of sp³-hybridized carbons (Fsp3) is 0.276. The summed E-state index contributed by atoms with van der Waals surface area (Å²) in [5, 5.41) is 1.08. The topological polar surface area (TPSA) is 25.4 Å². The van der Waals surface area contributed by atoms with Crippen LogP contribution < -0.4 is 9.64 Å². The van der Waals surface area contributed by atoms with Crippen molar-refractivity contribution >= 4 is 28.1 Å². The summed E-state index contributed by atoms with van der Waals surface area (Å²) < 4.78 is 6.38. The molecule has 1 aliphatic rings. The van der Waals surface area contributed by atoms with Crippen LogP contribution in [0, 0.1) is 27.7 Å². The number of anilines is 3. The number of hydrogen-bond acceptors (Lipinski definition) is 3. The van der Waals surface area contributed by atoms with Crippen molar-refractivity contribution in [3.8, 4) is 11.5 Å². The third-order valence-corrected chi connectivity index (χ3v) is 6.29. The van der Waals surface area contributed by atoms with Crippen LogP contribution in [-0.2, 0) is 5.41 Å². The molecule has 0 saturated heterocycles. The molecule has 0 saturated carbocycles. The summed E-state index contributed by atoms with van der Waals surface area (Å²) in [4.78, 5) is 7.41. The lowest BCUT2D eigenvalue weighted by atomic mass is 9.84. The normalized spacial score (nSPS) is 13.0. The first kappa shape index (κ1) is 20.6. The maximum Gasteiger partial charge on any atom is 0.181 e. The molecule has 0 atom stereocenters. The second kappa shape index (κ2) is 7.09. The van der Waals surface area contributed by atoms with Gasteiger partial charge in [0.05, 0.1) is 16.9 Å². The van der Waals surface area contributed by atoms with Gasteiger partial charge >= 0.3 is 0 Å². The van der Waals surface area contributed by atoms with Gasteiger partial charge in [-0.05, 0) is 85.2 Å². The minimum atomic E-state index is 0.0947. The first-order chi connectivity index (χ1) is 15.1. The van der Waals surface area contributed by atoms with E-state index in [-0.39, 0.29) is 5.41 Å². The average Bonchev–Trinajstić information content (AvgIpc) is 2.71. The highest BCUT2D eigenvalue weighted by Gasteiger charge is 2.30. The Kier molecular flexibility index (Phi) is 4.56. The number of aryl methyl sites for hydroxylation is 4. The molecular formula is C29H30N2O. The van der Waals surface area contributed by atoms with Crippen LogP contribution in [0.2, 0.25) is 0 Å². The predicted molar refractivity (Wildman–Crippen MR) is 134 cm³/mol. The van der Waals surface area contributed by atoms with Crippen LogP contribution in [0.25, 0.3) is 10.9 Å². The number of aromatic nitrogens is 1. The van der Waals surface area contributed by atoms with Crippen molar-refractivity contribution in [3.05, 3.63) is 82.4 Å². The number of pyridine rings is 1. The van der Waals surface area contributed by atoms with E-state index in [1.165, 1.54) is 33.5 Å². The van der Waals surface area contributed by atoms with Gasteiger partial charge in [-0.3, -0.25) is 4.90 Å². The molecule has 1 aliphatic heterocycles. The smallest absolute Gasteiger partial charge is 0.181 e. The molecule has 3 aromatic carbocycles. The Hall–Kier alpha value is -3.33. The Bertz CT molecular complexity index is 1360. The summed E-state index contributed by atoms with van der Waals surface area (Å²) >= 11 is 0. The van der Waals surface area contributed by atoms with Crippen LogP contribution in [0.3, 0.4) is 0 Å². The zero-order chi connectivity index (χ0) is 22.8. The second-order valence-corrected chi connectivity index (χ2v) is 10.1. The summed E-state index contributed by atoms with van der Waals surface area (Å²) in [7, 11) is 0. The first-order valence-corrected chi connectivity index (χ1v) is 11.2. The van der Waals surface area contributed by atoms with Gasteiger partial charge in [0, 0.05) is 5.39 Å². The van der Waals surface area contributed by atoms with E-state index in [0.29, 0.717) is 0 Å². The number of fused-ring (bicyclic) bond motifs is 3. The van der Waals surface area contributed by atoms with Gasteiger partial charge in [-0.25, -0.2) is 4.98 Å². The van der Waals surface area contributed by atoms with Crippen LogP contribution in [0.15, 0.2) is 54.6 Å². The van der Waals surface area contributed by atoms with E-state index in [1.54, 1.807) is 0 Å². The molecule has 3 heteroatoms. The largest absolute Gasteiger partial charge is 0.451 e. The molecule has 162 valence electrons. The Labute approximate surface area is 190 Å². The standard InChI is InChI=1S/C29H30N2O/c1-17-8-10-21-16-26-28(30-23(21)12-17)31(24-13-18(2)9-11-25(24)32-26)27-19(3)14-22(15-20(27)4)29(5,6)7/h8-16H,1-7H3. The Morgan fingerprint density at radius 1 is 0.750 bits per heavy atom. The number of ether oxygens (including phenoxy) is 1. The van der Waals surface area contributed by atoms with Crippen LogP contribution in [-0.4, -0.2) is 4.98 Å². The van der Waals surface area contributed by atoms with Gasteiger partial charge < -0.3 is 4.74 Å². The van der Waals surface area contributed by atoms with E-state index < -0.39 is 0 Å². The number of benzene rings is 3. The predicted octanol–water partition coefficient (Wildman–Crippen LogP) is 8.34. The van der Waals surface area contributed by atoms with Gasteiger partial charge in [0.1, 0.15) is 0 Å². The molecular weight excluding hydrogens is 392 g/mol. The molecule has 0 amide bonds. The molecule has 0 spiro atoms. The van der Waals surface area contributed by atoms with Crippen LogP contribution >= 0.6 is 0 Å². The minimum absolute atomic E-state index is 0.0947. The van der Waals surface area contributed by atoms with Crippen LogP contribution in [0.1, 0.15) is 48.6 Å². The van der Waals surface area contributed by atoms with Crippen molar-refractivity contribution < 1.29 is 4.74 Å². The number of hydrogen-bond donors (Lipinski definition) is 0. The lowest BCUT2D eigenvalue weighted by Gasteiger charge is -2.35. The number of nitrogens with zero attached hydrogens (tertiary/aromatic N) is 2. The summed E-state index contributed by atoms with van der Waals surface area (Å²) in [6.45, 7) is 15.4. The first-order valence-electron chi connectivity index (χ1n) is 11.2. The molecule has 2 heterocycles. The number of rotatable bonds is 1. The maximum absolute atomic E-state index is 6.38. The minimum Gasteiger partial charge on any atom is -0.451 e. The van der Waals surface area contributed by atoms with Gasteiger partial charge in [0.15, 0.2) is 17.3 Å². The molecule has 0 N–H and O–H groups in total. The molecule has 3 nitrogen and oxygen atoms in total. The SMILES string of the molecule is Cc1ccc2c(c1)N(c1c(C)cc(C(C)(C)C)cc1C)c1nc3cc(C)ccc3cc1O2. The van der Waals surface area contributed by atoms with Gasteiger partial charge in [-0.2, -0.15) is 0 Å². The quantitative estimate of drug-likeness (QED) is 0.271. The van der Waals surface area contributed by atoms with Crippen molar-refractivity contribution in [1.29, 1.82) is 0 Å². The van der Waals surface area contributed by atoms with E-state index in [0.717, 1.165) is 33.9 Å². The second-order valence-electron chi connectivity index (χ2n) is 10.1. The van der Waals surface area contributed by atoms with Gasteiger partial charge in [-0.15, -0.1) is 0 Å². The zero-order valence-corrected chi connectivity index (χ0v) is 20.0. The molecule has 0 aliphatic carbocycles. The highest BCUT2D eigenvalue weighted by atomic mass is 16.5. The summed E-state index contributed by atoms with van der Waals surface area (Å²) in [5.74, 6) is 2.49. The van der Waals surface area contributed by atoms with E-state index in [2.05, 4.69) is 108 Å². The average molecular weight is 423 g/mol. The van der Waals surface area contributed by atoms with Crippen molar-refractivity contribution in [2.24, 2.45) is 0 Å². The highest BCUT2D eigenvalue weighted by Crippen LogP contribution is 2.52. The molecule has 1 aromatic heterocycles.